The predicted molar refractivity (Wildman–Crippen MR) is 105 cm³/mol. The Labute approximate surface area is 162 Å². The average Bonchev–Trinajstić information content (AvgIpc) is 3.21. The van der Waals surface area contributed by atoms with Gasteiger partial charge in [0.05, 0.1) is 10.9 Å². The van der Waals surface area contributed by atoms with E-state index >= 15 is 0 Å². The number of hydrogen-bond acceptors (Lipinski definition) is 5. The minimum absolute atomic E-state index is 0.0562. The highest BCUT2D eigenvalue weighted by Crippen LogP contribution is 2.16. The van der Waals surface area contributed by atoms with Crippen LogP contribution in [0.5, 0.6) is 0 Å². The largest absolute Gasteiger partial charge is 0.345 e. The molecule has 0 aliphatic heterocycles. The van der Waals surface area contributed by atoms with E-state index in [0.717, 1.165) is 10.4 Å². The Morgan fingerprint density at radius 3 is 2.74 bits per heavy atom. The van der Waals surface area contributed by atoms with Gasteiger partial charge in [-0.1, -0.05) is 18.2 Å². The molecular formula is C19H19N3O3S2. The SMILES string of the molecule is C[C@H](NC(=O)c1cccc(S(=O)(=O)NCc2cccs2)c1)c1cccnc1. The summed E-state index contributed by atoms with van der Waals surface area (Å²) in [5.74, 6) is -0.346. The molecule has 0 bridgehead atoms. The van der Waals surface area contributed by atoms with Gasteiger partial charge in [-0.15, -0.1) is 11.3 Å². The topological polar surface area (TPSA) is 88.2 Å². The third kappa shape index (κ3) is 5.00. The van der Waals surface area contributed by atoms with E-state index in [-0.39, 0.29) is 29.0 Å². The molecule has 0 aliphatic carbocycles. The van der Waals surface area contributed by atoms with Crippen LogP contribution in [0.1, 0.15) is 33.8 Å². The second kappa shape index (κ2) is 8.43. The molecule has 0 aliphatic rings. The van der Waals surface area contributed by atoms with Crippen LogP contribution in [-0.4, -0.2) is 19.3 Å². The van der Waals surface area contributed by atoms with Crippen LogP contribution >= 0.6 is 11.3 Å². The van der Waals surface area contributed by atoms with Crippen molar-refractivity contribution in [3.05, 3.63) is 82.3 Å². The van der Waals surface area contributed by atoms with Crippen molar-refractivity contribution in [3.8, 4) is 0 Å². The normalized spacial score (nSPS) is 12.5. The van der Waals surface area contributed by atoms with Gasteiger partial charge in [-0.3, -0.25) is 9.78 Å². The number of benzene rings is 1. The number of pyridine rings is 1. The third-order valence-electron chi connectivity index (χ3n) is 3.96. The van der Waals surface area contributed by atoms with E-state index < -0.39 is 10.0 Å². The number of carbonyl (C=O) groups excluding carboxylic acids is 1. The molecule has 2 aromatic heterocycles. The van der Waals surface area contributed by atoms with Crippen LogP contribution in [-0.2, 0) is 16.6 Å². The minimum Gasteiger partial charge on any atom is -0.345 e. The molecule has 27 heavy (non-hydrogen) atoms. The van der Waals surface area contributed by atoms with Gasteiger partial charge in [-0.25, -0.2) is 13.1 Å². The predicted octanol–water partition coefficient (Wildman–Crippen LogP) is 3.11. The first-order valence-corrected chi connectivity index (χ1v) is 10.6. The van der Waals surface area contributed by atoms with E-state index in [1.165, 1.54) is 23.5 Å². The van der Waals surface area contributed by atoms with Crippen LogP contribution in [0.3, 0.4) is 0 Å². The summed E-state index contributed by atoms with van der Waals surface area (Å²) in [6, 6.07) is 13.1. The summed E-state index contributed by atoms with van der Waals surface area (Å²) in [6.07, 6.45) is 3.34. The highest BCUT2D eigenvalue weighted by molar-refractivity contribution is 7.89. The Bertz CT molecular complexity index is 1000. The van der Waals surface area contributed by atoms with Gasteiger partial charge in [-0.05, 0) is 48.2 Å². The molecule has 140 valence electrons. The Morgan fingerprint density at radius 1 is 1.19 bits per heavy atom. The number of sulfonamides is 1. The van der Waals surface area contributed by atoms with Gasteiger partial charge in [0.2, 0.25) is 10.0 Å². The summed E-state index contributed by atoms with van der Waals surface area (Å²) in [5.41, 5.74) is 1.15. The lowest BCUT2D eigenvalue weighted by molar-refractivity contribution is 0.0939. The summed E-state index contributed by atoms with van der Waals surface area (Å²) >= 11 is 1.48. The number of nitrogens with zero attached hydrogens (tertiary/aromatic N) is 1. The molecule has 3 aromatic rings. The first kappa shape index (κ1) is 19.2. The van der Waals surface area contributed by atoms with Gasteiger partial charge in [0, 0.05) is 29.4 Å². The van der Waals surface area contributed by atoms with Crippen molar-refractivity contribution in [2.45, 2.75) is 24.4 Å². The Balaban J connectivity index is 1.71. The van der Waals surface area contributed by atoms with E-state index in [4.69, 9.17) is 0 Å². The summed E-state index contributed by atoms with van der Waals surface area (Å²) in [6.45, 7) is 2.06. The van der Waals surface area contributed by atoms with Gasteiger partial charge in [0.1, 0.15) is 0 Å². The van der Waals surface area contributed by atoms with Crippen molar-refractivity contribution >= 4 is 27.3 Å². The van der Waals surface area contributed by atoms with Crippen molar-refractivity contribution in [1.82, 2.24) is 15.0 Å². The molecule has 0 spiro atoms. The van der Waals surface area contributed by atoms with Gasteiger partial charge in [0.25, 0.3) is 5.91 Å². The number of rotatable bonds is 7. The summed E-state index contributed by atoms with van der Waals surface area (Å²) in [7, 11) is -3.71. The molecule has 2 N–H and O–H groups in total. The minimum atomic E-state index is -3.71. The van der Waals surface area contributed by atoms with Crippen molar-refractivity contribution in [1.29, 1.82) is 0 Å². The molecule has 6 nitrogen and oxygen atoms in total. The molecule has 2 heterocycles. The average molecular weight is 402 g/mol. The molecule has 3 rings (SSSR count). The first-order chi connectivity index (χ1) is 13.0. The molecule has 0 unspecified atom stereocenters. The van der Waals surface area contributed by atoms with Crippen molar-refractivity contribution in [2.24, 2.45) is 0 Å². The van der Waals surface area contributed by atoms with Crippen LogP contribution in [0.4, 0.5) is 0 Å². The number of aromatic nitrogens is 1. The molecular weight excluding hydrogens is 382 g/mol. The van der Waals surface area contributed by atoms with E-state index in [1.807, 2.05) is 30.5 Å². The molecule has 1 aromatic carbocycles. The monoisotopic (exact) mass is 401 g/mol. The Kier molecular flexibility index (Phi) is 6.00. The lowest BCUT2D eigenvalue weighted by Gasteiger charge is -2.14. The number of carbonyl (C=O) groups is 1. The first-order valence-electron chi connectivity index (χ1n) is 8.28. The molecule has 0 radical (unpaired) electrons. The van der Waals surface area contributed by atoms with Crippen LogP contribution in [0.25, 0.3) is 0 Å². The Hall–Kier alpha value is -2.55. The summed E-state index contributed by atoms with van der Waals surface area (Å²) in [5, 5.41) is 4.74. The number of nitrogens with one attached hydrogen (secondary N) is 2. The molecule has 8 heteroatoms. The van der Waals surface area contributed by atoms with Gasteiger partial charge in [-0.2, -0.15) is 0 Å². The number of thiophene rings is 1. The van der Waals surface area contributed by atoms with Gasteiger partial charge < -0.3 is 5.32 Å². The Morgan fingerprint density at radius 2 is 2.04 bits per heavy atom. The highest BCUT2D eigenvalue weighted by Gasteiger charge is 2.17. The van der Waals surface area contributed by atoms with Gasteiger partial charge >= 0.3 is 0 Å². The number of amides is 1. The second-order valence-corrected chi connectivity index (χ2v) is 8.71. The standard InChI is InChI=1S/C19H19N3O3S2/c1-14(16-6-3-9-20-12-16)22-19(23)15-5-2-8-18(11-15)27(24,25)21-13-17-7-4-10-26-17/h2-12,14,21H,13H2,1H3,(H,22,23)/t14-/m0/s1. The maximum Gasteiger partial charge on any atom is 0.251 e. The van der Waals surface area contributed by atoms with E-state index in [0.29, 0.717) is 0 Å². The number of hydrogen-bond donors (Lipinski definition) is 2. The van der Waals surface area contributed by atoms with Crippen molar-refractivity contribution < 1.29 is 13.2 Å². The highest BCUT2D eigenvalue weighted by atomic mass is 32.2. The lowest BCUT2D eigenvalue weighted by Crippen LogP contribution is -2.27. The zero-order valence-corrected chi connectivity index (χ0v) is 16.3. The third-order valence-corrected chi connectivity index (χ3v) is 6.23. The second-order valence-electron chi connectivity index (χ2n) is 5.91. The van der Waals surface area contributed by atoms with Gasteiger partial charge in [0.15, 0.2) is 0 Å². The maximum absolute atomic E-state index is 12.5. The van der Waals surface area contributed by atoms with Crippen LogP contribution in [0.15, 0.2) is 71.2 Å². The lowest BCUT2D eigenvalue weighted by atomic mass is 10.1. The van der Waals surface area contributed by atoms with Crippen LogP contribution in [0, 0.1) is 0 Å². The van der Waals surface area contributed by atoms with E-state index in [1.54, 1.807) is 30.6 Å². The fourth-order valence-corrected chi connectivity index (χ4v) is 4.25. The zero-order valence-electron chi connectivity index (χ0n) is 14.6. The van der Waals surface area contributed by atoms with Crippen molar-refractivity contribution in [3.63, 3.8) is 0 Å². The molecule has 1 atom stereocenters. The maximum atomic E-state index is 12.5. The smallest absolute Gasteiger partial charge is 0.251 e. The quantitative estimate of drug-likeness (QED) is 0.637. The van der Waals surface area contributed by atoms with Crippen molar-refractivity contribution in [2.75, 3.05) is 0 Å². The van der Waals surface area contributed by atoms with E-state index in [9.17, 15) is 13.2 Å². The molecule has 0 fully saturated rings. The fraction of sp³-hybridized carbons (Fsp3) is 0.158. The van der Waals surface area contributed by atoms with Crippen LogP contribution < -0.4 is 10.0 Å². The van der Waals surface area contributed by atoms with E-state index in [2.05, 4.69) is 15.0 Å². The molecule has 0 saturated heterocycles. The van der Waals surface area contributed by atoms with Crippen LogP contribution in [0.2, 0.25) is 0 Å². The molecule has 1 amide bonds. The zero-order chi connectivity index (χ0) is 19.3. The summed E-state index contributed by atoms with van der Waals surface area (Å²) in [4.78, 5) is 17.5. The fourth-order valence-electron chi connectivity index (χ4n) is 2.46. The summed E-state index contributed by atoms with van der Waals surface area (Å²) < 4.78 is 27.6. The molecule has 0 saturated carbocycles.